The first-order valence-electron chi connectivity index (χ1n) is 9.06. The summed E-state index contributed by atoms with van der Waals surface area (Å²) in [5.74, 6) is 0.495. The second kappa shape index (κ2) is 8.33. The Kier molecular flexibility index (Phi) is 5.91. The van der Waals surface area contributed by atoms with Crippen LogP contribution in [0, 0.1) is 5.92 Å². The lowest BCUT2D eigenvalue weighted by atomic mass is 9.93. The van der Waals surface area contributed by atoms with E-state index in [2.05, 4.69) is 27.7 Å². The Labute approximate surface area is 143 Å². The average molecular weight is 332 g/mol. The van der Waals surface area contributed by atoms with Gasteiger partial charge in [0.15, 0.2) is 0 Å². The van der Waals surface area contributed by atoms with E-state index in [1.807, 2.05) is 11.1 Å². The van der Waals surface area contributed by atoms with E-state index in [1.54, 1.807) is 0 Å². The van der Waals surface area contributed by atoms with Crippen molar-refractivity contribution < 1.29 is 9.59 Å². The molecule has 0 radical (unpaired) electrons. The molecule has 0 bridgehead atoms. The first-order chi connectivity index (χ1) is 11.8. The molecule has 0 aromatic carbocycles. The molecule has 3 aliphatic heterocycles. The smallest absolute Gasteiger partial charge is 0.225 e. The van der Waals surface area contributed by atoms with E-state index in [4.69, 9.17) is 0 Å². The van der Waals surface area contributed by atoms with Crippen LogP contribution in [0.4, 0.5) is 0 Å². The van der Waals surface area contributed by atoms with Gasteiger partial charge in [0.25, 0.3) is 0 Å². The molecule has 24 heavy (non-hydrogen) atoms. The number of dihydropyridines is 1. The Morgan fingerprint density at radius 1 is 1.21 bits per heavy atom. The third-order valence-electron chi connectivity index (χ3n) is 5.35. The molecule has 3 aliphatic rings. The molecular weight excluding hydrogens is 304 g/mol. The number of piperidine rings is 2. The largest absolute Gasteiger partial charge is 0.387 e. The highest BCUT2D eigenvalue weighted by Crippen LogP contribution is 2.22. The summed E-state index contributed by atoms with van der Waals surface area (Å²) in [5, 5.41) is 6.00. The highest BCUT2D eigenvalue weighted by atomic mass is 16.2. The number of hydrogen-bond donors (Lipinski definition) is 2. The third kappa shape index (κ3) is 4.38. The minimum atomic E-state index is 0.175. The normalized spacial score (nSPS) is 23.5. The summed E-state index contributed by atoms with van der Waals surface area (Å²) in [6.07, 6.45) is 10.8. The van der Waals surface area contributed by atoms with E-state index in [0.717, 1.165) is 71.4 Å². The van der Waals surface area contributed by atoms with Gasteiger partial charge in [0.1, 0.15) is 0 Å². The lowest BCUT2D eigenvalue weighted by molar-refractivity contribution is -0.138. The second-order valence-electron chi connectivity index (χ2n) is 6.96. The standard InChI is InChI=1S/C18H28N4O2/c23-14-20-17-5-11-22(12-6-17)18(24)16-3-9-21(10-4-16)13-15-1-7-19-8-2-15/h1-2,7,14,16-17,19H,3-6,8-13H2,(H,20,23). The molecule has 0 aromatic heterocycles. The van der Waals surface area contributed by atoms with Crippen LogP contribution in [0.5, 0.6) is 0 Å². The molecule has 0 atom stereocenters. The van der Waals surface area contributed by atoms with Gasteiger partial charge < -0.3 is 15.5 Å². The molecule has 0 unspecified atom stereocenters. The first kappa shape index (κ1) is 17.0. The topological polar surface area (TPSA) is 64.7 Å². The van der Waals surface area contributed by atoms with Crippen molar-refractivity contribution in [3.8, 4) is 0 Å². The lowest BCUT2D eigenvalue weighted by Gasteiger charge is -2.37. The van der Waals surface area contributed by atoms with E-state index in [1.165, 1.54) is 5.57 Å². The molecule has 132 valence electrons. The van der Waals surface area contributed by atoms with Gasteiger partial charge in [0, 0.05) is 38.1 Å². The van der Waals surface area contributed by atoms with Gasteiger partial charge in [-0.05, 0) is 56.6 Å². The predicted octanol–water partition coefficient (Wildman–Crippen LogP) is 0.479. The Bertz CT molecular complexity index is 501. The van der Waals surface area contributed by atoms with E-state index in [0.29, 0.717) is 5.91 Å². The van der Waals surface area contributed by atoms with Gasteiger partial charge in [-0.25, -0.2) is 0 Å². The molecule has 2 N–H and O–H groups in total. The zero-order valence-corrected chi connectivity index (χ0v) is 14.2. The van der Waals surface area contributed by atoms with Crippen molar-refractivity contribution in [3.63, 3.8) is 0 Å². The van der Waals surface area contributed by atoms with Crippen molar-refractivity contribution in [2.75, 3.05) is 39.3 Å². The summed E-state index contributed by atoms with van der Waals surface area (Å²) in [6, 6.07) is 0.236. The Morgan fingerprint density at radius 2 is 1.96 bits per heavy atom. The Morgan fingerprint density at radius 3 is 2.58 bits per heavy atom. The number of rotatable bonds is 5. The number of carbonyl (C=O) groups excluding carboxylic acids is 2. The quantitative estimate of drug-likeness (QED) is 0.719. The first-order valence-corrected chi connectivity index (χ1v) is 9.06. The molecule has 3 rings (SSSR count). The van der Waals surface area contributed by atoms with E-state index < -0.39 is 0 Å². The van der Waals surface area contributed by atoms with Crippen molar-refractivity contribution >= 4 is 12.3 Å². The highest BCUT2D eigenvalue weighted by molar-refractivity contribution is 5.79. The minimum Gasteiger partial charge on any atom is -0.387 e. The number of amides is 2. The molecule has 3 heterocycles. The summed E-state index contributed by atoms with van der Waals surface area (Å²) >= 11 is 0. The molecule has 2 amide bonds. The van der Waals surface area contributed by atoms with Gasteiger partial charge in [-0.15, -0.1) is 0 Å². The number of hydrogen-bond acceptors (Lipinski definition) is 4. The zero-order chi connectivity index (χ0) is 16.8. The van der Waals surface area contributed by atoms with Crippen molar-refractivity contribution in [1.29, 1.82) is 0 Å². The van der Waals surface area contributed by atoms with Crippen molar-refractivity contribution in [2.45, 2.75) is 31.7 Å². The fourth-order valence-corrected chi connectivity index (χ4v) is 3.83. The molecule has 6 heteroatoms. The van der Waals surface area contributed by atoms with Crippen LogP contribution < -0.4 is 10.6 Å². The van der Waals surface area contributed by atoms with Crippen molar-refractivity contribution in [3.05, 3.63) is 23.9 Å². The molecule has 0 aliphatic carbocycles. The Hall–Kier alpha value is -1.82. The van der Waals surface area contributed by atoms with E-state index in [9.17, 15) is 9.59 Å². The third-order valence-corrected chi connectivity index (χ3v) is 5.35. The molecule has 6 nitrogen and oxygen atoms in total. The van der Waals surface area contributed by atoms with Gasteiger partial charge in [-0.2, -0.15) is 0 Å². The maximum absolute atomic E-state index is 12.7. The number of likely N-dealkylation sites (tertiary alicyclic amines) is 2. The minimum absolute atomic E-state index is 0.175. The van der Waals surface area contributed by atoms with Crippen LogP contribution in [0.1, 0.15) is 25.7 Å². The van der Waals surface area contributed by atoms with Crippen LogP contribution in [-0.2, 0) is 9.59 Å². The summed E-state index contributed by atoms with van der Waals surface area (Å²) in [4.78, 5) is 27.7. The average Bonchev–Trinajstić information content (AvgIpc) is 2.64. The predicted molar refractivity (Wildman–Crippen MR) is 93.2 cm³/mol. The van der Waals surface area contributed by atoms with Gasteiger partial charge in [0.05, 0.1) is 0 Å². The van der Waals surface area contributed by atoms with Crippen LogP contribution in [0.2, 0.25) is 0 Å². The van der Waals surface area contributed by atoms with Crippen molar-refractivity contribution in [1.82, 2.24) is 20.4 Å². The Balaban J connectivity index is 1.41. The molecule has 0 saturated carbocycles. The SMILES string of the molecule is O=CNC1CCN(C(=O)C2CCN(CC3=CCNC=C3)CC2)CC1. The fraction of sp³-hybridized carbons (Fsp3) is 0.667. The van der Waals surface area contributed by atoms with E-state index >= 15 is 0 Å². The molecule has 0 spiro atoms. The van der Waals surface area contributed by atoms with Crippen LogP contribution in [0.25, 0.3) is 0 Å². The van der Waals surface area contributed by atoms with Gasteiger partial charge in [-0.3, -0.25) is 14.5 Å². The number of nitrogens with one attached hydrogen (secondary N) is 2. The van der Waals surface area contributed by atoms with Crippen LogP contribution in [-0.4, -0.2) is 67.4 Å². The fourth-order valence-electron chi connectivity index (χ4n) is 3.83. The maximum Gasteiger partial charge on any atom is 0.225 e. The van der Waals surface area contributed by atoms with Crippen LogP contribution in [0.15, 0.2) is 23.9 Å². The number of carbonyl (C=O) groups is 2. The second-order valence-corrected chi connectivity index (χ2v) is 6.96. The molecular formula is C18H28N4O2. The summed E-state index contributed by atoms with van der Waals surface area (Å²) in [6.45, 7) is 5.44. The summed E-state index contributed by atoms with van der Waals surface area (Å²) in [5.41, 5.74) is 1.36. The maximum atomic E-state index is 12.7. The molecule has 0 aromatic rings. The van der Waals surface area contributed by atoms with Crippen LogP contribution in [0.3, 0.4) is 0 Å². The zero-order valence-electron chi connectivity index (χ0n) is 14.2. The number of nitrogens with zero attached hydrogens (tertiary/aromatic N) is 2. The molecule has 2 saturated heterocycles. The van der Waals surface area contributed by atoms with Gasteiger partial charge in [0.2, 0.25) is 12.3 Å². The highest BCUT2D eigenvalue weighted by Gasteiger charge is 2.30. The summed E-state index contributed by atoms with van der Waals surface area (Å²) in [7, 11) is 0. The summed E-state index contributed by atoms with van der Waals surface area (Å²) < 4.78 is 0. The molecule has 2 fully saturated rings. The van der Waals surface area contributed by atoms with Gasteiger partial charge in [-0.1, -0.05) is 6.08 Å². The van der Waals surface area contributed by atoms with Crippen molar-refractivity contribution in [2.24, 2.45) is 5.92 Å². The van der Waals surface area contributed by atoms with E-state index in [-0.39, 0.29) is 12.0 Å². The monoisotopic (exact) mass is 332 g/mol. The lowest BCUT2D eigenvalue weighted by Crippen LogP contribution is -2.48. The van der Waals surface area contributed by atoms with Crippen LogP contribution >= 0.6 is 0 Å². The van der Waals surface area contributed by atoms with Gasteiger partial charge >= 0.3 is 0 Å².